The largest absolute Gasteiger partial charge is 0.418 e. The van der Waals surface area contributed by atoms with Crippen LogP contribution in [0.4, 0.5) is 27.8 Å². The summed E-state index contributed by atoms with van der Waals surface area (Å²) in [6, 6.07) is 0. The van der Waals surface area contributed by atoms with Gasteiger partial charge in [0.15, 0.2) is 5.02 Å². The van der Waals surface area contributed by atoms with Gasteiger partial charge in [-0.25, -0.2) is 8.78 Å². The van der Waals surface area contributed by atoms with E-state index in [1.165, 1.54) is 0 Å². The Balaban J connectivity index is 3.59. The van der Waals surface area contributed by atoms with Crippen molar-refractivity contribution >= 4 is 17.4 Å². The fourth-order valence-electron chi connectivity index (χ4n) is 1.07. The zero-order chi connectivity index (χ0) is 13.4. The zero-order valence-corrected chi connectivity index (χ0v) is 8.39. The number of alkyl halides is 5. The van der Waals surface area contributed by atoms with Gasteiger partial charge in [-0.2, -0.15) is 13.2 Å². The normalized spacial score (nSPS) is 11.9. The smallest absolute Gasteiger partial charge is 0.358 e. The predicted octanol–water partition coefficient (Wildman–Crippen LogP) is 3.60. The molecule has 0 saturated heterocycles. The van der Waals surface area contributed by atoms with Gasteiger partial charge in [-0.15, -0.1) is 0 Å². The first-order valence-corrected chi connectivity index (χ1v) is 4.22. The van der Waals surface area contributed by atoms with Crippen LogP contribution in [0.5, 0.6) is 0 Å². The van der Waals surface area contributed by atoms with Crippen LogP contribution in [0.1, 0.15) is 17.6 Å². The van der Waals surface area contributed by atoms with Gasteiger partial charge in [0.05, 0.1) is 11.1 Å². The third-order valence-electron chi connectivity index (χ3n) is 1.72. The Morgan fingerprint density at radius 2 is 1.94 bits per heavy atom. The molecule has 0 atom stereocenters. The summed E-state index contributed by atoms with van der Waals surface area (Å²) < 4.78 is 61.9. The van der Waals surface area contributed by atoms with Gasteiger partial charge in [0.25, 0.3) is 6.43 Å². The summed E-state index contributed by atoms with van der Waals surface area (Å²) in [7, 11) is 0. The maximum atomic E-state index is 12.4. The maximum absolute atomic E-state index is 12.4. The first-order valence-electron chi connectivity index (χ1n) is 3.84. The summed E-state index contributed by atoms with van der Waals surface area (Å²) in [5.41, 5.74) is -3.43. The number of halogens is 6. The minimum atomic E-state index is -5.23. The molecule has 0 unspecified atom stereocenters. The van der Waals surface area contributed by atoms with Crippen molar-refractivity contribution in [3.8, 4) is 0 Å². The van der Waals surface area contributed by atoms with Crippen molar-refractivity contribution in [2.24, 2.45) is 0 Å². The Morgan fingerprint density at radius 3 is 2.29 bits per heavy atom. The highest BCUT2D eigenvalue weighted by Gasteiger charge is 2.42. The molecule has 0 N–H and O–H groups in total. The molecular formula is C7H2ClF5N2O2. The van der Waals surface area contributed by atoms with Gasteiger partial charge in [-0.1, -0.05) is 11.6 Å². The van der Waals surface area contributed by atoms with Crippen LogP contribution < -0.4 is 0 Å². The van der Waals surface area contributed by atoms with Gasteiger partial charge in [-0.3, -0.25) is 0 Å². The van der Waals surface area contributed by atoms with E-state index in [0.29, 0.717) is 0 Å². The second kappa shape index (κ2) is 4.40. The molecule has 0 aliphatic carbocycles. The molecule has 4 nitrogen and oxygen atoms in total. The van der Waals surface area contributed by atoms with Crippen LogP contribution in [0.2, 0.25) is 5.02 Å². The average molecular weight is 277 g/mol. The quantitative estimate of drug-likeness (QED) is 0.471. The molecule has 1 rings (SSSR count). The van der Waals surface area contributed by atoms with E-state index in [2.05, 4.69) is 4.98 Å². The SMILES string of the molecule is O=[N+]([O-])c1ncc(C(F)F)c(C(F)(F)F)c1Cl. The Labute approximate surface area is 95.2 Å². The summed E-state index contributed by atoms with van der Waals surface area (Å²) in [5.74, 6) is -1.32. The molecule has 0 bridgehead atoms. The van der Waals surface area contributed by atoms with Crippen molar-refractivity contribution < 1.29 is 26.9 Å². The lowest BCUT2D eigenvalue weighted by atomic mass is 10.1. The molecule has 0 amide bonds. The van der Waals surface area contributed by atoms with E-state index in [0.717, 1.165) is 0 Å². The van der Waals surface area contributed by atoms with E-state index in [4.69, 9.17) is 11.6 Å². The lowest BCUT2D eigenvalue weighted by Crippen LogP contribution is -2.12. The van der Waals surface area contributed by atoms with E-state index in [9.17, 15) is 32.1 Å². The number of rotatable bonds is 2. The molecule has 94 valence electrons. The van der Waals surface area contributed by atoms with E-state index in [1.807, 2.05) is 0 Å². The van der Waals surface area contributed by atoms with Crippen molar-refractivity contribution in [3.63, 3.8) is 0 Å². The molecule has 1 aromatic rings. The molecule has 17 heavy (non-hydrogen) atoms. The van der Waals surface area contributed by atoms with Gasteiger partial charge in [-0.05, 0) is 9.91 Å². The number of nitro groups is 1. The first-order chi connectivity index (χ1) is 7.66. The Kier molecular flexibility index (Phi) is 3.51. The molecule has 1 aromatic heterocycles. The van der Waals surface area contributed by atoms with E-state index < -0.39 is 39.5 Å². The molecule has 0 radical (unpaired) electrons. The number of hydrogen-bond acceptors (Lipinski definition) is 3. The highest BCUT2D eigenvalue weighted by atomic mass is 35.5. The first kappa shape index (κ1) is 13.6. The summed E-state index contributed by atoms with van der Waals surface area (Å²) in [6.07, 6.45) is -8.62. The third kappa shape index (κ3) is 2.60. The lowest BCUT2D eigenvalue weighted by molar-refractivity contribution is -0.389. The highest BCUT2D eigenvalue weighted by Crippen LogP contribution is 2.43. The second-order valence-electron chi connectivity index (χ2n) is 2.78. The average Bonchev–Trinajstić information content (AvgIpc) is 2.14. The lowest BCUT2D eigenvalue weighted by Gasteiger charge is -2.12. The molecular weight excluding hydrogens is 275 g/mol. The molecule has 0 saturated carbocycles. The number of pyridine rings is 1. The molecule has 0 fully saturated rings. The van der Waals surface area contributed by atoms with E-state index in [1.54, 1.807) is 0 Å². The molecule has 1 heterocycles. The Morgan fingerprint density at radius 1 is 1.41 bits per heavy atom. The van der Waals surface area contributed by atoms with Crippen LogP contribution >= 0.6 is 11.6 Å². The molecule has 10 heteroatoms. The zero-order valence-electron chi connectivity index (χ0n) is 7.63. The van der Waals surface area contributed by atoms with Gasteiger partial charge < -0.3 is 10.1 Å². The van der Waals surface area contributed by atoms with Gasteiger partial charge in [0.1, 0.15) is 6.20 Å². The van der Waals surface area contributed by atoms with Crippen LogP contribution in [0.3, 0.4) is 0 Å². The Hall–Kier alpha value is -1.51. The summed E-state index contributed by atoms with van der Waals surface area (Å²) in [5, 5.41) is 8.84. The minimum absolute atomic E-state index is 0.0947. The van der Waals surface area contributed by atoms with Crippen molar-refractivity contribution in [2.75, 3.05) is 0 Å². The van der Waals surface area contributed by atoms with Gasteiger partial charge >= 0.3 is 12.0 Å². The maximum Gasteiger partial charge on any atom is 0.418 e. The van der Waals surface area contributed by atoms with Crippen molar-refractivity contribution in [1.82, 2.24) is 4.98 Å². The Bertz CT molecular complexity index is 462. The molecule has 0 aliphatic heterocycles. The van der Waals surface area contributed by atoms with Crippen LogP contribution in [-0.2, 0) is 6.18 Å². The monoisotopic (exact) mass is 276 g/mol. The number of aromatic nitrogens is 1. The third-order valence-corrected chi connectivity index (χ3v) is 2.08. The van der Waals surface area contributed by atoms with E-state index >= 15 is 0 Å². The summed E-state index contributed by atoms with van der Waals surface area (Å²) in [6.45, 7) is 0. The van der Waals surface area contributed by atoms with Crippen LogP contribution in [-0.4, -0.2) is 9.91 Å². The van der Waals surface area contributed by atoms with Crippen molar-refractivity contribution in [3.05, 3.63) is 32.5 Å². The van der Waals surface area contributed by atoms with E-state index in [-0.39, 0.29) is 6.20 Å². The van der Waals surface area contributed by atoms with Gasteiger partial charge in [0.2, 0.25) is 0 Å². The fraction of sp³-hybridized carbons (Fsp3) is 0.286. The second-order valence-corrected chi connectivity index (χ2v) is 3.16. The highest BCUT2D eigenvalue weighted by molar-refractivity contribution is 6.33. The van der Waals surface area contributed by atoms with Crippen LogP contribution in [0.25, 0.3) is 0 Å². The van der Waals surface area contributed by atoms with Crippen LogP contribution in [0, 0.1) is 10.1 Å². The van der Waals surface area contributed by atoms with Crippen molar-refractivity contribution in [2.45, 2.75) is 12.6 Å². The van der Waals surface area contributed by atoms with Gasteiger partial charge in [0, 0.05) is 0 Å². The minimum Gasteiger partial charge on any atom is -0.358 e. The molecule has 0 spiro atoms. The predicted molar refractivity (Wildman–Crippen MR) is 45.9 cm³/mol. The number of nitrogens with zero attached hydrogens (tertiary/aromatic N) is 2. The fourth-order valence-corrected chi connectivity index (χ4v) is 1.41. The molecule has 0 aliphatic rings. The summed E-state index contributed by atoms with van der Waals surface area (Å²) >= 11 is 5.08. The van der Waals surface area contributed by atoms with Crippen LogP contribution in [0.15, 0.2) is 6.20 Å². The number of hydrogen-bond donors (Lipinski definition) is 0. The van der Waals surface area contributed by atoms with Crippen molar-refractivity contribution in [1.29, 1.82) is 0 Å². The standard InChI is InChI=1S/C7H2ClF5N2O2/c8-4-3(7(11,12)13)2(5(9)10)1-14-6(4)15(16)17/h1,5H. The topological polar surface area (TPSA) is 56.0 Å². The summed E-state index contributed by atoms with van der Waals surface area (Å²) in [4.78, 5) is 11.9. The molecule has 0 aromatic carbocycles.